The molecule has 3 atom stereocenters. The van der Waals surface area contributed by atoms with Crippen LogP contribution in [0.2, 0.25) is 0 Å². The van der Waals surface area contributed by atoms with Gasteiger partial charge in [-0.25, -0.2) is 0 Å². The lowest BCUT2D eigenvalue weighted by molar-refractivity contribution is -0.124. The minimum atomic E-state index is -0.118. The highest BCUT2D eigenvalue weighted by Gasteiger charge is 2.30. The van der Waals surface area contributed by atoms with Gasteiger partial charge in [-0.05, 0) is 37.9 Å². The predicted octanol–water partition coefficient (Wildman–Crippen LogP) is 1.88. The normalized spacial score (nSPS) is 22.7. The summed E-state index contributed by atoms with van der Waals surface area (Å²) in [7, 11) is 3.24. The van der Waals surface area contributed by atoms with Gasteiger partial charge in [0.2, 0.25) is 5.91 Å². The molecule has 2 N–H and O–H groups in total. The summed E-state index contributed by atoms with van der Waals surface area (Å²) in [4.78, 5) is 12.3. The van der Waals surface area contributed by atoms with E-state index in [1.54, 1.807) is 14.2 Å². The van der Waals surface area contributed by atoms with Gasteiger partial charge in [0.25, 0.3) is 0 Å². The van der Waals surface area contributed by atoms with E-state index in [9.17, 15) is 4.79 Å². The second-order valence-corrected chi connectivity index (χ2v) is 5.54. The zero-order valence-electron chi connectivity index (χ0n) is 13.1. The summed E-state index contributed by atoms with van der Waals surface area (Å²) >= 11 is 0. The van der Waals surface area contributed by atoms with E-state index in [2.05, 4.69) is 17.6 Å². The molecule has 21 heavy (non-hydrogen) atoms. The molecule has 1 aromatic rings. The monoisotopic (exact) mass is 292 g/mol. The zero-order chi connectivity index (χ0) is 15.4. The average Bonchev–Trinajstić information content (AvgIpc) is 2.92. The van der Waals surface area contributed by atoms with E-state index in [4.69, 9.17) is 9.47 Å². The number of methoxy groups -OCH3 is 2. The highest BCUT2D eigenvalue weighted by atomic mass is 16.5. The Labute approximate surface area is 126 Å². The van der Waals surface area contributed by atoms with Crippen molar-refractivity contribution in [2.45, 2.75) is 32.4 Å². The first-order chi connectivity index (χ1) is 10.1. The molecule has 116 valence electrons. The quantitative estimate of drug-likeness (QED) is 0.870. The van der Waals surface area contributed by atoms with Crippen molar-refractivity contribution in [2.24, 2.45) is 5.92 Å². The third kappa shape index (κ3) is 3.47. The van der Waals surface area contributed by atoms with Crippen molar-refractivity contribution >= 4 is 5.91 Å². The Kier molecular flexibility index (Phi) is 5.07. The van der Waals surface area contributed by atoms with Crippen LogP contribution in [0.15, 0.2) is 18.2 Å². The molecule has 0 aromatic heterocycles. The van der Waals surface area contributed by atoms with Crippen molar-refractivity contribution < 1.29 is 14.3 Å². The van der Waals surface area contributed by atoms with Crippen LogP contribution in [0, 0.1) is 5.92 Å². The Balaban J connectivity index is 2.09. The third-order valence-corrected chi connectivity index (χ3v) is 4.08. The van der Waals surface area contributed by atoms with Crippen LogP contribution >= 0.6 is 0 Å². The number of hydrogen-bond donors (Lipinski definition) is 2. The Morgan fingerprint density at radius 1 is 1.38 bits per heavy atom. The number of nitrogens with one attached hydrogen (secondary N) is 2. The second kappa shape index (κ2) is 6.80. The number of ether oxygens (including phenoxy) is 2. The molecule has 1 amide bonds. The minimum absolute atomic E-state index is 0.0466. The number of carbonyl (C=O) groups is 1. The average molecular weight is 292 g/mol. The van der Waals surface area contributed by atoms with Gasteiger partial charge in [-0.2, -0.15) is 0 Å². The molecule has 0 spiro atoms. The molecular formula is C16H24N2O3. The lowest BCUT2D eigenvalue weighted by Crippen LogP contribution is -2.44. The van der Waals surface area contributed by atoms with Crippen LogP contribution in [-0.4, -0.2) is 32.7 Å². The standard InChI is InChI=1S/C16H24N2O3/c1-10-7-8-17-15(10)16(19)18-11(2)13-6-5-12(20-3)9-14(13)21-4/h5-6,9-11,15,17H,7-8H2,1-4H3,(H,18,19). The van der Waals surface area contributed by atoms with Gasteiger partial charge in [-0.3, -0.25) is 4.79 Å². The van der Waals surface area contributed by atoms with E-state index in [-0.39, 0.29) is 18.0 Å². The molecule has 5 heteroatoms. The van der Waals surface area contributed by atoms with Gasteiger partial charge >= 0.3 is 0 Å². The molecule has 1 aromatic carbocycles. The summed E-state index contributed by atoms with van der Waals surface area (Å²) in [6.07, 6.45) is 1.04. The molecule has 5 nitrogen and oxygen atoms in total. The number of benzene rings is 1. The van der Waals surface area contributed by atoms with Gasteiger partial charge in [0.1, 0.15) is 11.5 Å². The fourth-order valence-corrected chi connectivity index (χ4v) is 2.74. The van der Waals surface area contributed by atoms with Crippen molar-refractivity contribution in [3.8, 4) is 11.5 Å². The number of rotatable bonds is 5. The Bertz CT molecular complexity index is 504. The molecule has 1 aliphatic heterocycles. The van der Waals surface area contributed by atoms with E-state index in [0.29, 0.717) is 5.92 Å². The summed E-state index contributed by atoms with van der Waals surface area (Å²) in [6, 6.07) is 5.41. The van der Waals surface area contributed by atoms with Gasteiger partial charge in [0, 0.05) is 11.6 Å². The fraction of sp³-hybridized carbons (Fsp3) is 0.562. The molecule has 1 heterocycles. The number of hydrogen-bond acceptors (Lipinski definition) is 4. The molecule has 1 fully saturated rings. The lowest BCUT2D eigenvalue weighted by Gasteiger charge is -2.21. The summed E-state index contributed by atoms with van der Waals surface area (Å²) in [5.74, 6) is 1.87. The largest absolute Gasteiger partial charge is 0.497 e. The van der Waals surface area contributed by atoms with E-state index in [0.717, 1.165) is 30.0 Å². The van der Waals surface area contributed by atoms with Crippen LogP contribution in [0.1, 0.15) is 31.9 Å². The first-order valence-electron chi connectivity index (χ1n) is 7.32. The van der Waals surface area contributed by atoms with Crippen molar-refractivity contribution in [3.05, 3.63) is 23.8 Å². The predicted molar refractivity (Wildman–Crippen MR) is 81.7 cm³/mol. The summed E-state index contributed by atoms with van der Waals surface area (Å²) in [5, 5.41) is 6.30. The van der Waals surface area contributed by atoms with E-state index < -0.39 is 0 Å². The molecule has 3 unspecified atom stereocenters. The van der Waals surface area contributed by atoms with E-state index in [1.807, 2.05) is 25.1 Å². The summed E-state index contributed by atoms with van der Waals surface area (Å²) in [5.41, 5.74) is 0.942. The van der Waals surface area contributed by atoms with Crippen LogP contribution in [0.3, 0.4) is 0 Å². The van der Waals surface area contributed by atoms with Crippen molar-refractivity contribution in [3.63, 3.8) is 0 Å². The fourth-order valence-electron chi connectivity index (χ4n) is 2.74. The SMILES string of the molecule is COc1ccc(C(C)NC(=O)C2NCCC2C)c(OC)c1. The topological polar surface area (TPSA) is 59.6 Å². The maximum Gasteiger partial charge on any atom is 0.237 e. The highest BCUT2D eigenvalue weighted by molar-refractivity contribution is 5.82. The summed E-state index contributed by atoms with van der Waals surface area (Å²) in [6.45, 7) is 4.96. The Morgan fingerprint density at radius 3 is 2.71 bits per heavy atom. The molecule has 0 aliphatic carbocycles. The Hall–Kier alpha value is -1.75. The zero-order valence-corrected chi connectivity index (χ0v) is 13.1. The maximum atomic E-state index is 12.3. The van der Waals surface area contributed by atoms with Gasteiger partial charge in [-0.1, -0.05) is 6.92 Å². The molecule has 0 saturated carbocycles. The first-order valence-corrected chi connectivity index (χ1v) is 7.32. The molecule has 1 saturated heterocycles. The molecule has 0 bridgehead atoms. The van der Waals surface area contributed by atoms with E-state index in [1.165, 1.54) is 0 Å². The number of carbonyl (C=O) groups excluding carboxylic acids is 1. The van der Waals surface area contributed by atoms with Crippen molar-refractivity contribution in [2.75, 3.05) is 20.8 Å². The minimum Gasteiger partial charge on any atom is -0.497 e. The summed E-state index contributed by atoms with van der Waals surface area (Å²) < 4.78 is 10.6. The Morgan fingerprint density at radius 2 is 2.14 bits per heavy atom. The highest BCUT2D eigenvalue weighted by Crippen LogP contribution is 2.29. The van der Waals surface area contributed by atoms with Gasteiger partial charge in [-0.15, -0.1) is 0 Å². The molecule has 2 rings (SSSR count). The van der Waals surface area contributed by atoms with Crippen LogP contribution in [0.4, 0.5) is 0 Å². The smallest absolute Gasteiger partial charge is 0.237 e. The second-order valence-electron chi connectivity index (χ2n) is 5.54. The van der Waals surface area contributed by atoms with Crippen LogP contribution in [0.25, 0.3) is 0 Å². The maximum absolute atomic E-state index is 12.3. The van der Waals surface area contributed by atoms with Crippen molar-refractivity contribution in [1.82, 2.24) is 10.6 Å². The van der Waals surface area contributed by atoms with Gasteiger partial charge < -0.3 is 20.1 Å². The van der Waals surface area contributed by atoms with Crippen LogP contribution < -0.4 is 20.1 Å². The van der Waals surface area contributed by atoms with Gasteiger partial charge in [0.15, 0.2) is 0 Å². The van der Waals surface area contributed by atoms with Crippen molar-refractivity contribution in [1.29, 1.82) is 0 Å². The van der Waals surface area contributed by atoms with Gasteiger partial charge in [0.05, 0.1) is 26.3 Å². The first kappa shape index (κ1) is 15.6. The van der Waals surface area contributed by atoms with E-state index >= 15 is 0 Å². The lowest BCUT2D eigenvalue weighted by atomic mass is 10.0. The van der Waals surface area contributed by atoms with Crippen LogP contribution in [0.5, 0.6) is 11.5 Å². The third-order valence-electron chi connectivity index (χ3n) is 4.08. The molecule has 1 aliphatic rings. The number of amides is 1. The molecular weight excluding hydrogens is 268 g/mol. The molecule has 0 radical (unpaired) electrons. The van der Waals surface area contributed by atoms with Crippen LogP contribution in [-0.2, 0) is 4.79 Å².